The first-order chi connectivity index (χ1) is 6.41. The lowest BCUT2D eigenvalue weighted by Gasteiger charge is -2.09. The number of phenols is 1. The number of aromatic hydroxyl groups is 1. The van der Waals surface area contributed by atoms with E-state index in [4.69, 9.17) is 0 Å². The summed E-state index contributed by atoms with van der Waals surface area (Å²) in [5.41, 5.74) is 0.229. The minimum absolute atomic E-state index is 0.163. The predicted octanol–water partition coefficient (Wildman–Crippen LogP) is 2.01. The van der Waals surface area contributed by atoms with Gasteiger partial charge in [-0.15, -0.1) is 0 Å². The van der Waals surface area contributed by atoms with E-state index in [2.05, 4.69) is 0 Å². The Bertz CT molecular complexity index is 351. The van der Waals surface area contributed by atoms with Gasteiger partial charge in [-0.2, -0.15) is 0 Å². The maximum atomic E-state index is 9.63. The van der Waals surface area contributed by atoms with Gasteiger partial charge in [-0.25, -0.2) is 0 Å². The third-order valence-corrected chi connectivity index (χ3v) is 1.89. The summed E-state index contributed by atoms with van der Waals surface area (Å²) in [5.74, 6) is 0.163. The van der Waals surface area contributed by atoms with Crippen molar-refractivity contribution in [1.29, 1.82) is 0 Å². The zero-order valence-corrected chi connectivity index (χ0v) is 8.73. The van der Waals surface area contributed by atoms with Gasteiger partial charge in [0.1, 0.15) is 5.75 Å². The lowest BCUT2D eigenvalue weighted by Crippen LogP contribution is -2.31. The van der Waals surface area contributed by atoms with Gasteiger partial charge >= 0.3 is 0 Å². The monoisotopic (exact) mass is 194 g/mol. The topological polar surface area (TPSA) is 43.5 Å². The van der Waals surface area contributed by atoms with Gasteiger partial charge in [-0.3, -0.25) is 5.21 Å². The molecule has 0 saturated heterocycles. The van der Waals surface area contributed by atoms with Crippen LogP contribution in [0.1, 0.15) is 26.3 Å². The van der Waals surface area contributed by atoms with Crippen molar-refractivity contribution in [3.8, 4) is 5.75 Å². The summed E-state index contributed by atoms with van der Waals surface area (Å²) in [4.78, 5) is 0. The fourth-order valence-electron chi connectivity index (χ4n) is 0.922. The molecule has 0 heterocycles. The first-order valence-corrected chi connectivity index (χ1v) is 4.52. The molecule has 76 valence electrons. The van der Waals surface area contributed by atoms with Gasteiger partial charge in [-0.1, -0.05) is 12.1 Å². The summed E-state index contributed by atoms with van der Waals surface area (Å²) in [5, 5.41) is 19.1. The van der Waals surface area contributed by atoms with Crippen LogP contribution in [0.5, 0.6) is 5.75 Å². The van der Waals surface area contributed by atoms with E-state index in [1.165, 1.54) is 6.21 Å². The molecular formula is C11H16NO2+. The van der Waals surface area contributed by atoms with Crippen LogP contribution in [-0.2, 0) is 0 Å². The van der Waals surface area contributed by atoms with Crippen LogP contribution in [0.2, 0.25) is 0 Å². The summed E-state index contributed by atoms with van der Waals surface area (Å²) in [6.45, 7) is 5.64. The highest BCUT2D eigenvalue weighted by Gasteiger charge is 2.24. The van der Waals surface area contributed by atoms with Crippen molar-refractivity contribution in [2.24, 2.45) is 0 Å². The van der Waals surface area contributed by atoms with Crippen molar-refractivity contribution >= 4 is 6.21 Å². The minimum Gasteiger partial charge on any atom is -0.507 e. The molecule has 0 amide bonds. The van der Waals surface area contributed by atoms with Gasteiger partial charge in [0.2, 0.25) is 11.8 Å². The largest absolute Gasteiger partial charge is 0.507 e. The Labute approximate surface area is 83.9 Å². The van der Waals surface area contributed by atoms with E-state index in [1.807, 2.05) is 26.8 Å². The molecule has 0 aliphatic rings. The quantitative estimate of drug-likeness (QED) is 0.311. The van der Waals surface area contributed by atoms with Crippen molar-refractivity contribution in [3.05, 3.63) is 29.8 Å². The number of nitrogens with zero attached hydrogens (tertiary/aromatic N) is 1. The molecule has 0 atom stereocenters. The maximum absolute atomic E-state index is 9.63. The number of para-hydroxylation sites is 1. The second-order valence-corrected chi connectivity index (χ2v) is 4.20. The van der Waals surface area contributed by atoms with Crippen LogP contribution in [-0.4, -0.2) is 26.8 Å². The van der Waals surface area contributed by atoms with E-state index in [0.29, 0.717) is 5.56 Å². The fraction of sp³-hybridized carbons (Fsp3) is 0.364. The summed E-state index contributed by atoms with van der Waals surface area (Å²) in [6.07, 6.45) is 1.51. The molecule has 0 saturated carbocycles. The summed E-state index contributed by atoms with van der Waals surface area (Å²) < 4.78 is 1.09. The molecule has 0 unspecified atom stereocenters. The Morgan fingerprint density at radius 1 is 1.21 bits per heavy atom. The molecule has 0 aromatic heterocycles. The number of rotatable bonds is 1. The molecule has 1 aromatic carbocycles. The Hall–Kier alpha value is -1.51. The molecular weight excluding hydrogens is 178 g/mol. The van der Waals surface area contributed by atoms with Gasteiger partial charge in [0, 0.05) is 20.8 Å². The van der Waals surface area contributed by atoms with Crippen LogP contribution in [0.4, 0.5) is 0 Å². The summed E-state index contributed by atoms with van der Waals surface area (Å²) in [6, 6.07) is 6.88. The van der Waals surface area contributed by atoms with Gasteiger partial charge in [0.15, 0.2) is 0 Å². The third-order valence-electron chi connectivity index (χ3n) is 1.89. The number of hydrogen-bond donors (Lipinski definition) is 2. The van der Waals surface area contributed by atoms with E-state index in [-0.39, 0.29) is 11.3 Å². The Balaban J connectivity index is 3.04. The number of hydrogen-bond acceptors (Lipinski definition) is 2. The van der Waals surface area contributed by atoms with Gasteiger partial charge in [0.05, 0.1) is 5.56 Å². The summed E-state index contributed by atoms with van der Waals surface area (Å²) >= 11 is 0. The molecule has 0 aliphatic carbocycles. The van der Waals surface area contributed by atoms with E-state index in [1.54, 1.807) is 18.2 Å². The first kappa shape index (κ1) is 10.6. The normalized spacial score (nSPS) is 12.9. The maximum Gasteiger partial charge on any atom is 0.227 e. The second-order valence-electron chi connectivity index (χ2n) is 4.20. The van der Waals surface area contributed by atoms with Gasteiger partial charge in [0.25, 0.3) is 0 Å². The molecule has 0 aliphatic heterocycles. The highest BCUT2D eigenvalue weighted by atomic mass is 16.5. The fourth-order valence-corrected chi connectivity index (χ4v) is 0.922. The number of hydroxylamine groups is 1. The van der Waals surface area contributed by atoms with Crippen LogP contribution in [0.15, 0.2) is 24.3 Å². The molecule has 3 nitrogen and oxygen atoms in total. The average molecular weight is 194 g/mol. The number of phenolic OH excluding ortho intramolecular Hbond substituents is 1. The third kappa shape index (κ3) is 2.49. The lowest BCUT2D eigenvalue weighted by atomic mass is 10.1. The summed E-state index contributed by atoms with van der Waals surface area (Å²) in [7, 11) is 0. The Morgan fingerprint density at radius 2 is 1.79 bits per heavy atom. The Morgan fingerprint density at radius 3 is 2.29 bits per heavy atom. The lowest BCUT2D eigenvalue weighted by molar-refractivity contribution is -0.816. The molecule has 2 N–H and O–H groups in total. The van der Waals surface area contributed by atoms with Crippen molar-refractivity contribution < 1.29 is 15.1 Å². The van der Waals surface area contributed by atoms with Crippen LogP contribution in [0.25, 0.3) is 0 Å². The molecule has 0 spiro atoms. The molecule has 1 rings (SSSR count). The van der Waals surface area contributed by atoms with Crippen LogP contribution in [0, 0.1) is 0 Å². The SMILES string of the molecule is CC(C)(C)[N+](O)=Cc1ccccc1O. The van der Waals surface area contributed by atoms with Gasteiger partial charge in [-0.05, 0) is 16.9 Å². The highest BCUT2D eigenvalue weighted by Crippen LogP contribution is 2.14. The first-order valence-electron chi connectivity index (χ1n) is 4.52. The van der Waals surface area contributed by atoms with Crippen LogP contribution >= 0.6 is 0 Å². The molecule has 3 heteroatoms. The molecule has 1 aromatic rings. The van der Waals surface area contributed by atoms with Crippen molar-refractivity contribution in [3.63, 3.8) is 0 Å². The molecule has 14 heavy (non-hydrogen) atoms. The average Bonchev–Trinajstić information content (AvgIpc) is 2.07. The molecule has 0 bridgehead atoms. The zero-order chi connectivity index (χ0) is 10.8. The molecule has 0 fully saturated rings. The Kier molecular flexibility index (Phi) is 2.79. The van der Waals surface area contributed by atoms with Crippen molar-refractivity contribution in [2.45, 2.75) is 26.3 Å². The number of benzene rings is 1. The van der Waals surface area contributed by atoms with E-state index in [0.717, 1.165) is 4.74 Å². The standard InChI is InChI=1S/C11H15NO2/c1-11(2,3)12(14)8-9-6-4-5-7-10(9)13/h4-8,14H,1-3H3/p+1. The van der Waals surface area contributed by atoms with E-state index < -0.39 is 0 Å². The predicted molar refractivity (Wildman–Crippen MR) is 55.1 cm³/mol. The van der Waals surface area contributed by atoms with Crippen LogP contribution in [0.3, 0.4) is 0 Å². The van der Waals surface area contributed by atoms with Crippen molar-refractivity contribution in [1.82, 2.24) is 0 Å². The zero-order valence-electron chi connectivity index (χ0n) is 8.73. The van der Waals surface area contributed by atoms with Gasteiger partial charge < -0.3 is 5.11 Å². The van der Waals surface area contributed by atoms with E-state index >= 15 is 0 Å². The van der Waals surface area contributed by atoms with Crippen molar-refractivity contribution in [2.75, 3.05) is 0 Å². The minimum atomic E-state index is -0.373. The molecule has 0 radical (unpaired) electrons. The second kappa shape index (κ2) is 3.70. The highest BCUT2D eigenvalue weighted by molar-refractivity contribution is 5.79. The smallest absolute Gasteiger partial charge is 0.227 e. The van der Waals surface area contributed by atoms with Crippen LogP contribution < -0.4 is 0 Å². The van der Waals surface area contributed by atoms with E-state index in [9.17, 15) is 10.3 Å².